The van der Waals surface area contributed by atoms with Gasteiger partial charge in [0.2, 0.25) is 0 Å². The number of methoxy groups -OCH3 is 1. The number of hydrazine groups is 1. The molecule has 0 unspecified atom stereocenters. The van der Waals surface area contributed by atoms with Gasteiger partial charge in [-0.05, 0) is 87.3 Å². The third-order valence-electron chi connectivity index (χ3n) is 7.56. The Kier molecular flexibility index (Phi) is 3.66. The summed E-state index contributed by atoms with van der Waals surface area (Å²) in [5, 5.41) is 4.50. The molecule has 4 aliphatic carbocycles. The highest BCUT2D eigenvalue weighted by Crippen LogP contribution is 2.57. The number of rotatable bonds is 4. The van der Waals surface area contributed by atoms with Gasteiger partial charge in [0, 0.05) is 6.54 Å². The smallest absolute Gasteiger partial charge is 0.258 e. The minimum absolute atomic E-state index is 0.317. The van der Waals surface area contributed by atoms with Crippen LogP contribution in [0.4, 0.5) is 0 Å². The molecule has 4 bridgehead atoms. The van der Waals surface area contributed by atoms with Crippen LogP contribution in [-0.2, 0) is 11.3 Å². The van der Waals surface area contributed by atoms with Gasteiger partial charge >= 0.3 is 0 Å². The van der Waals surface area contributed by atoms with E-state index in [-0.39, 0.29) is 0 Å². The van der Waals surface area contributed by atoms with Crippen LogP contribution < -0.4 is 4.74 Å². The molecule has 0 radical (unpaired) electrons. The average Bonchev–Trinajstić information content (AvgIpc) is 2.62. The molecule has 4 saturated carbocycles. The van der Waals surface area contributed by atoms with Crippen LogP contribution in [0.1, 0.15) is 51.5 Å². The average molecular weight is 354 g/mol. The topological polar surface area (TPSA) is 32.8 Å². The van der Waals surface area contributed by atoms with Crippen LogP contribution in [0.2, 0.25) is 0 Å². The van der Waals surface area contributed by atoms with Gasteiger partial charge in [0.25, 0.3) is 5.91 Å². The second-order valence-corrected chi connectivity index (χ2v) is 9.54. The van der Waals surface area contributed by atoms with Crippen LogP contribution in [0, 0.1) is 23.7 Å². The molecule has 1 aromatic rings. The highest BCUT2D eigenvalue weighted by atomic mass is 16.5. The monoisotopic (exact) mass is 354 g/mol. The van der Waals surface area contributed by atoms with Gasteiger partial charge in [-0.15, -0.1) is 0 Å². The van der Waals surface area contributed by atoms with Crippen LogP contribution in [-0.4, -0.2) is 34.6 Å². The Morgan fingerprint density at radius 1 is 1.08 bits per heavy atom. The van der Waals surface area contributed by atoms with Gasteiger partial charge in [-0.2, -0.15) is 5.01 Å². The summed E-state index contributed by atoms with van der Waals surface area (Å²) in [6.45, 7) is 4.92. The predicted molar refractivity (Wildman–Crippen MR) is 100 cm³/mol. The van der Waals surface area contributed by atoms with E-state index in [0.717, 1.165) is 36.0 Å². The summed E-state index contributed by atoms with van der Waals surface area (Å²) in [5.74, 6) is 4.51. The quantitative estimate of drug-likeness (QED) is 0.823. The highest BCUT2D eigenvalue weighted by molar-refractivity contribution is 5.90. The molecule has 0 N–H and O–H groups in total. The number of ether oxygens (including phenoxy) is 1. The van der Waals surface area contributed by atoms with Crippen molar-refractivity contribution in [3.8, 4) is 5.75 Å². The summed E-state index contributed by atoms with van der Waals surface area (Å²) in [7, 11) is 1.71. The fraction of sp³-hybridized carbons (Fsp3) is 0.682. The third kappa shape index (κ3) is 2.34. The van der Waals surface area contributed by atoms with E-state index >= 15 is 0 Å². The van der Waals surface area contributed by atoms with Crippen LogP contribution in [0.25, 0.3) is 0 Å². The number of carbonyl (C=O) groups is 1. The van der Waals surface area contributed by atoms with Gasteiger partial charge in [0.1, 0.15) is 11.3 Å². The van der Waals surface area contributed by atoms with E-state index in [4.69, 9.17) is 4.74 Å². The van der Waals surface area contributed by atoms with Crippen molar-refractivity contribution in [3.05, 3.63) is 29.8 Å². The summed E-state index contributed by atoms with van der Waals surface area (Å²) in [5.41, 5.74) is 0.802. The second-order valence-electron chi connectivity index (χ2n) is 9.54. The zero-order valence-corrected chi connectivity index (χ0v) is 16.1. The molecule has 5 aliphatic rings. The van der Waals surface area contributed by atoms with Crippen molar-refractivity contribution < 1.29 is 9.53 Å². The Bertz CT molecular complexity index is 701. The van der Waals surface area contributed by atoms with Crippen LogP contribution in [0.5, 0.6) is 5.75 Å². The fourth-order valence-corrected chi connectivity index (χ4v) is 6.53. The first kappa shape index (κ1) is 16.6. The molecular formula is C22H30N2O2. The number of amides is 1. The van der Waals surface area contributed by atoms with E-state index in [9.17, 15) is 4.79 Å². The summed E-state index contributed by atoms with van der Waals surface area (Å²) in [6, 6.07) is 8.68. The van der Waals surface area contributed by atoms with E-state index in [2.05, 4.69) is 36.0 Å². The zero-order chi connectivity index (χ0) is 18.1. The Hall–Kier alpha value is -1.55. The number of benzene rings is 1. The van der Waals surface area contributed by atoms with Crippen molar-refractivity contribution in [2.75, 3.05) is 7.11 Å². The lowest BCUT2D eigenvalue weighted by atomic mass is 9.53. The lowest BCUT2D eigenvalue weighted by Gasteiger charge is -2.65. The SMILES string of the molecule is COc1cccc(CN2N(C3C4CC5CC(C4)CC3C5)C(=O)C2(C)C)c1. The zero-order valence-electron chi connectivity index (χ0n) is 16.1. The largest absolute Gasteiger partial charge is 0.497 e. The Balaban J connectivity index is 1.41. The summed E-state index contributed by atoms with van der Waals surface area (Å²) >= 11 is 0. The molecule has 4 heteroatoms. The first-order chi connectivity index (χ1) is 12.5. The maximum atomic E-state index is 13.1. The normalized spacial score (nSPS) is 37.7. The first-order valence-electron chi connectivity index (χ1n) is 10.2. The van der Waals surface area contributed by atoms with Gasteiger partial charge in [-0.3, -0.25) is 9.80 Å². The molecule has 1 heterocycles. The van der Waals surface area contributed by atoms with Crippen LogP contribution in [0.3, 0.4) is 0 Å². The second kappa shape index (κ2) is 5.72. The molecule has 1 aromatic carbocycles. The molecule has 140 valence electrons. The number of hydrogen-bond donors (Lipinski definition) is 0. The van der Waals surface area contributed by atoms with Crippen molar-refractivity contribution in [1.82, 2.24) is 10.0 Å². The van der Waals surface area contributed by atoms with E-state index < -0.39 is 5.54 Å². The molecule has 1 aliphatic heterocycles. The lowest BCUT2D eigenvalue weighted by Crippen LogP contribution is -2.79. The molecule has 1 amide bonds. The van der Waals surface area contributed by atoms with Crippen molar-refractivity contribution in [2.45, 2.75) is 64.1 Å². The van der Waals surface area contributed by atoms with E-state index in [1.165, 1.54) is 37.7 Å². The minimum Gasteiger partial charge on any atom is -0.497 e. The van der Waals surface area contributed by atoms with Gasteiger partial charge in [0.15, 0.2) is 0 Å². The van der Waals surface area contributed by atoms with Crippen molar-refractivity contribution in [1.29, 1.82) is 0 Å². The van der Waals surface area contributed by atoms with E-state index in [1.807, 2.05) is 12.1 Å². The Labute approximate surface area is 156 Å². The summed E-state index contributed by atoms with van der Waals surface area (Å²) < 4.78 is 5.38. The Morgan fingerprint density at radius 3 is 2.35 bits per heavy atom. The van der Waals surface area contributed by atoms with E-state index in [1.54, 1.807) is 7.11 Å². The maximum absolute atomic E-state index is 13.1. The highest BCUT2D eigenvalue weighted by Gasteiger charge is 2.60. The molecule has 4 nitrogen and oxygen atoms in total. The molecule has 0 spiro atoms. The van der Waals surface area contributed by atoms with Crippen LogP contribution in [0.15, 0.2) is 24.3 Å². The number of nitrogens with zero attached hydrogens (tertiary/aromatic N) is 2. The summed E-state index contributed by atoms with van der Waals surface area (Å²) in [4.78, 5) is 13.1. The van der Waals surface area contributed by atoms with Crippen molar-refractivity contribution in [3.63, 3.8) is 0 Å². The van der Waals surface area contributed by atoms with Gasteiger partial charge in [0.05, 0.1) is 13.2 Å². The lowest BCUT2D eigenvalue weighted by molar-refractivity contribution is -0.251. The standard InChI is InChI=1S/C22H30N2O2/c1-22(2)21(25)24(23(22)13-14-5-4-6-19(12-14)26-3)20-17-8-15-7-16(10-17)11-18(20)9-15/h4-6,12,15-18,20H,7-11,13H2,1-3H3. The Morgan fingerprint density at radius 2 is 1.73 bits per heavy atom. The fourth-order valence-electron chi connectivity index (χ4n) is 6.53. The van der Waals surface area contributed by atoms with Crippen molar-refractivity contribution >= 4 is 5.91 Å². The maximum Gasteiger partial charge on any atom is 0.258 e. The van der Waals surface area contributed by atoms with Gasteiger partial charge in [-0.1, -0.05) is 12.1 Å². The first-order valence-corrected chi connectivity index (χ1v) is 10.2. The molecule has 0 aromatic heterocycles. The predicted octanol–water partition coefficient (Wildman–Crippen LogP) is 3.86. The number of carbonyl (C=O) groups excluding carboxylic acids is 1. The van der Waals surface area contributed by atoms with Gasteiger partial charge < -0.3 is 4.74 Å². The van der Waals surface area contributed by atoms with Gasteiger partial charge in [-0.25, -0.2) is 0 Å². The molecule has 6 rings (SSSR count). The minimum atomic E-state index is -0.405. The van der Waals surface area contributed by atoms with Crippen molar-refractivity contribution in [2.24, 2.45) is 23.7 Å². The molecule has 5 fully saturated rings. The molecular weight excluding hydrogens is 324 g/mol. The third-order valence-corrected chi connectivity index (χ3v) is 7.56. The number of hydrogen-bond acceptors (Lipinski definition) is 3. The molecule has 1 saturated heterocycles. The molecule has 0 atom stereocenters. The van der Waals surface area contributed by atoms with Crippen LogP contribution >= 0.6 is 0 Å². The van der Waals surface area contributed by atoms with E-state index in [0.29, 0.717) is 11.9 Å². The molecule has 26 heavy (non-hydrogen) atoms. The summed E-state index contributed by atoms with van der Waals surface area (Å²) in [6.07, 6.45) is 6.82.